The first-order chi connectivity index (χ1) is 8.24. The number of rotatable bonds is 6. The summed E-state index contributed by atoms with van der Waals surface area (Å²) in [5.74, 6) is -0.144. The zero-order valence-electron chi connectivity index (χ0n) is 9.63. The number of ether oxygens (including phenoxy) is 1. The Hall–Kier alpha value is -1.61. The fraction of sp³-hybridized carbons (Fsp3) is 0.357. The third kappa shape index (κ3) is 4.41. The van der Waals surface area contributed by atoms with Crippen molar-refractivity contribution in [3.8, 4) is 0 Å². The summed E-state index contributed by atoms with van der Waals surface area (Å²) >= 11 is 0. The van der Waals surface area contributed by atoms with E-state index in [1.165, 1.54) is 12.8 Å². The molecule has 0 unspecified atom stereocenters. The van der Waals surface area contributed by atoms with Crippen LogP contribution in [0.4, 0.5) is 0 Å². The molecule has 1 aromatic carbocycles. The van der Waals surface area contributed by atoms with Crippen molar-refractivity contribution in [2.24, 2.45) is 5.92 Å². The number of carboxylic acids is 1. The van der Waals surface area contributed by atoms with E-state index in [0.717, 1.165) is 29.7 Å². The Morgan fingerprint density at radius 1 is 1.35 bits per heavy atom. The van der Waals surface area contributed by atoms with Crippen molar-refractivity contribution in [1.29, 1.82) is 0 Å². The Kier molecular flexibility index (Phi) is 3.94. The molecule has 1 aromatic rings. The summed E-state index contributed by atoms with van der Waals surface area (Å²) in [6.07, 6.45) is 5.33. The van der Waals surface area contributed by atoms with Crippen molar-refractivity contribution in [3.05, 3.63) is 41.5 Å². The molecule has 0 aliphatic heterocycles. The largest absolute Gasteiger partial charge is 0.478 e. The van der Waals surface area contributed by atoms with E-state index < -0.39 is 5.97 Å². The monoisotopic (exact) mass is 232 g/mol. The lowest BCUT2D eigenvalue weighted by atomic mass is 10.1. The molecule has 0 saturated heterocycles. The highest BCUT2D eigenvalue weighted by atomic mass is 16.5. The summed E-state index contributed by atoms with van der Waals surface area (Å²) < 4.78 is 5.57. The molecular weight excluding hydrogens is 216 g/mol. The Morgan fingerprint density at radius 2 is 2.06 bits per heavy atom. The van der Waals surface area contributed by atoms with Crippen LogP contribution in [0.2, 0.25) is 0 Å². The van der Waals surface area contributed by atoms with Crippen molar-refractivity contribution >= 4 is 12.0 Å². The molecule has 1 aliphatic carbocycles. The van der Waals surface area contributed by atoms with Crippen LogP contribution in [0.3, 0.4) is 0 Å². The van der Waals surface area contributed by atoms with Gasteiger partial charge in [-0.15, -0.1) is 0 Å². The summed E-state index contributed by atoms with van der Waals surface area (Å²) in [4.78, 5) is 10.3. The molecule has 1 N–H and O–H groups in total. The third-order valence-electron chi connectivity index (χ3n) is 2.72. The average molecular weight is 232 g/mol. The maximum absolute atomic E-state index is 10.3. The number of hydrogen-bond donors (Lipinski definition) is 1. The van der Waals surface area contributed by atoms with Gasteiger partial charge < -0.3 is 9.84 Å². The van der Waals surface area contributed by atoms with Gasteiger partial charge in [-0.2, -0.15) is 0 Å². The normalized spacial score (nSPS) is 15.3. The first-order valence-electron chi connectivity index (χ1n) is 5.82. The Bertz CT molecular complexity index is 402. The molecule has 2 rings (SSSR count). The molecule has 0 aromatic heterocycles. The molecule has 0 heterocycles. The standard InChI is InChI=1S/C14H16O3/c15-14(16)8-7-11-1-3-12(4-2-11)9-17-10-13-5-6-13/h1-4,7-8,13H,5-6,9-10H2,(H,15,16)/b8-7+. The van der Waals surface area contributed by atoms with E-state index in [9.17, 15) is 4.79 Å². The highest BCUT2D eigenvalue weighted by molar-refractivity contribution is 5.85. The van der Waals surface area contributed by atoms with Crippen molar-refractivity contribution in [3.63, 3.8) is 0 Å². The quantitative estimate of drug-likeness (QED) is 0.767. The van der Waals surface area contributed by atoms with E-state index in [-0.39, 0.29) is 0 Å². The van der Waals surface area contributed by atoms with Crippen LogP contribution in [-0.4, -0.2) is 17.7 Å². The maximum atomic E-state index is 10.3. The molecule has 1 saturated carbocycles. The molecule has 0 amide bonds. The van der Waals surface area contributed by atoms with Crippen molar-refractivity contribution < 1.29 is 14.6 Å². The van der Waals surface area contributed by atoms with Crippen molar-refractivity contribution in [2.45, 2.75) is 19.4 Å². The molecule has 3 nitrogen and oxygen atoms in total. The van der Waals surface area contributed by atoms with Gasteiger partial charge in [-0.3, -0.25) is 0 Å². The minimum Gasteiger partial charge on any atom is -0.478 e. The first-order valence-corrected chi connectivity index (χ1v) is 5.82. The summed E-state index contributed by atoms with van der Waals surface area (Å²) in [7, 11) is 0. The van der Waals surface area contributed by atoms with Crippen LogP contribution in [0.15, 0.2) is 30.3 Å². The van der Waals surface area contributed by atoms with Gasteiger partial charge in [0.05, 0.1) is 6.61 Å². The van der Waals surface area contributed by atoms with Crippen LogP contribution in [0, 0.1) is 5.92 Å². The molecule has 1 fully saturated rings. The van der Waals surface area contributed by atoms with Gasteiger partial charge in [0.1, 0.15) is 0 Å². The van der Waals surface area contributed by atoms with Gasteiger partial charge in [-0.1, -0.05) is 24.3 Å². The number of benzene rings is 1. The van der Waals surface area contributed by atoms with Crippen molar-refractivity contribution in [1.82, 2.24) is 0 Å². The minimum absolute atomic E-state index is 0.638. The smallest absolute Gasteiger partial charge is 0.328 e. The zero-order valence-corrected chi connectivity index (χ0v) is 9.63. The van der Waals surface area contributed by atoms with Gasteiger partial charge >= 0.3 is 5.97 Å². The molecule has 1 aliphatic rings. The lowest BCUT2D eigenvalue weighted by Gasteiger charge is -2.03. The van der Waals surface area contributed by atoms with E-state index in [1.54, 1.807) is 6.08 Å². The van der Waals surface area contributed by atoms with Gasteiger partial charge in [-0.25, -0.2) is 4.79 Å². The van der Waals surface area contributed by atoms with E-state index in [0.29, 0.717) is 6.61 Å². The van der Waals surface area contributed by atoms with Crippen LogP contribution in [-0.2, 0) is 16.1 Å². The van der Waals surface area contributed by atoms with E-state index in [1.807, 2.05) is 24.3 Å². The molecule has 90 valence electrons. The summed E-state index contributed by atoms with van der Waals surface area (Å²) in [5, 5.41) is 8.50. The molecule has 17 heavy (non-hydrogen) atoms. The first kappa shape index (κ1) is 11.9. The topological polar surface area (TPSA) is 46.5 Å². The second kappa shape index (κ2) is 5.64. The summed E-state index contributed by atoms with van der Waals surface area (Å²) in [5.41, 5.74) is 2.01. The number of carbonyl (C=O) groups is 1. The predicted octanol–water partition coefficient (Wildman–Crippen LogP) is 2.71. The molecule has 0 spiro atoms. The van der Waals surface area contributed by atoms with Crippen LogP contribution >= 0.6 is 0 Å². The predicted molar refractivity (Wildman–Crippen MR) is 65.5 cm³/mol. The SMILES string of the molecule is O=C(O)/C=C/c1ccc(COCC2CC2)cc1. The van der Waals surface area contributed by atoms with Crippen LogP contribution in [0.1, 0.15) is 24.0 Å². The number of hydrogen-bond acceptors (Lipinski definition) is 2. The Balaban J connectivity index is 1.81. The average Bonchev–Trinajstić information content (AvgIpc) is 3.12. The Morgan fingerprint density at radius 3 is 2.65 bits per heavy atom. The van der Waals surface area contributed by atoms with E-state index in [4.69, 9.17) is 9.84 Å². The molecule has 0 bridgehead atoms. The number of carboxylic acid groups (broad SMARTS) is 1. The molecular formula is C14H16O3. The fourth-order valence-corrected chi connectivity index (χ4v) is 1.52. The number of aliphatic carboxylic acids is 1. The second-order valence-corrected chi connectivity index (χ2v) is 4.37. The van der Waals surface area contributed by atoms with Gasteiger partial charge in [0.2, 0.25) is 0 Å². The van der Waals surface area contributed by atoms with Crippen LogP contribution < -0.4 is 0 Å². The summed E-state index contributed by atoms with van der Waals surface area (Å²) in [6, 6.07) is 7.73. The lowest BCUT2D eigenvalue weighted by molar-refractivity contribution is -0.131. The lowest BCUT2D eigenvalue weighted by Crippen LogP contribution is -1.96. The molecule has 0 radical (unpaired) electrons. The van der Waals surface area contributed by atoms with Crippen LogP contribution in [0.5, 0.6) is 0 Å². The Labute approximate surface area is 101 Å². The van der Waals surface area contributed by atoms with Crippen LogP contribution in [0.25, 0.3) is 6.08 Å². The van der Waals surface area contributed by atoms with Gasteiger partial charge in [0, 0.05) is 12.7 Å². The third-order valence-corrected chi connectivity index (χ3v) is 2.72. The molecule has 0 atom stereocenters. The zero-order chi connectivity index (χ0) is 12.1. The van der Waals surface area contributed by atoms with E-state index >= 15 is 0 Å². The van der Waals surface area contributed by atoms with Gasteiger partial charge in [0.15, 0.2) is 0 Å². The highest BCUT2D eigenvalue weighted by Crippen LogP contribution is 2.29. The second-order valence-electron chi connectivity index (χ2n) is 4.37. The highest BCUT2D eigenvalue weighted by Gasteiger charge is 2.20. The fourth-order valence-electron chi connectivity index (χ4n) is 1.52. The summed E-state index contributed by atoms with van der Waals surface area (Å²) in [6.45, 7) is 1.50. The maximum Gasteiger partial charge on any atom is 0.328 e. The minimum atomic E-state index is -0.929. The van der Waals surface area contributed by atoms with Gasteiger partial charge in [0.25, 0.3) is 0 Å². The van der Waals surface area contributed by atoms with Gasteiger partial charge in [-0.05, 0) is 36.0 Å². The molecule has 3 heteroatoms. The van der Waals surface area contributed by atoms with Crippen molar-refractivity contribution in [2.75, 3.05) is 6.61 Å². The van der Waals surface area contributed by atoms with E-state index in [2.05, 4.69) is 0 Å².